The quantitative estimate of drug-likeness (QED) is 0.778. The van der Waals surface area contributed by atoms with E-state index in [0.717, 1.165) is 19.3 Å². The maximum Gasteiger partial charge on any atom is 0.0624 e. The summed E-state index contributed by atoms with van der Waals surface area (Å²) in [6.45, 7) is 4.56. The summed E-state index contributed by atoms with van der Waals surface area (Å²) in [7, 11) is 0. The molecule has 2 unspecified atom stereocenters. The van der Waals surface area contributed by atoms with Crippen LogP contribution in [0.1, 0.15) is 52.4 Å². The van der Waals surface area contributed by atoms with Crippen molar-refractivity contribution >= 4 is 0 Å². The molecule has 0 aromatic heterocycles. The highest BCUT2D eigenvalue weighted by molar-refractivity contribution is 5.02. The molecule has 2 heteroatoms. The summed E-state index contributed by atoms with van der Waals surface area (Å²) in [5.41, 5.74) is 0.300. The molecule has 2 rings (SSSR count). The Balaban J connectivity index is 2.15. The topological polar surface area (TPSA) is 44.0 Å². The Bertz CT molecular complexity index is 296. The molecule has 0 spiro atoms. The van der Waals surface area contributed by atoms with Crippen molar-refractivity contribution in [3.8, 4) is 6.07 Å². The van der Waals surface area contributed by atoms with Gasteiger partial charge in [-0.25, -0.2) is 0 Å². The van der Waals surface area contributed by atoms with Crippen molar-refractivity contribution in [2.75, 3.05) is 0 Å². The third-order valence-corrected chi connectivity index (χ3v) is 5.26. The summed E-state index contributed by atoms with van der Waals surface area (Å²) in [6, 6.07) is 2.31. The Labute approximate surface area is 98.7 Å². The molecule has 5 atom stereocenters. The van der Waals surface area contributed by atoms with Crippen LogP contribution >= 0.6 is 0 Å². The molecule has 2 saturated carbocycles. The first kappa shape index (κ1) is 11.9. The van der Waals surface area contributed by atoms with Crippen LogP contribution in [0.3, 0.4) is 0 Å². The van der Waals surface area contributed by atoms with E-state index in [4.69, 9.17) is 5.26 Å². The number of aliphatic hydroxyl groups excluding tert-OH is 1. The molecular weight excluding hydrogens is 198 g/mol. The predicted octanol–water partition coefficient (Wildman–Crippen LogP) is 3.11. The van der Waals surface area contributed by atoms with Crippen LogP contribution in [0.25, 0.3) is 0 Å². The number of aliphatic hydroxyl groups is 1. The summed E-state index contributed by atoms with van der Waals surface area (Å²) in [6.07, 6.45) is 6.35. The first-order valence-corrected chi connectivity index (χ1v) is 6.64. The molecule has 0 saturated heterocycles. The van der Waals surface area contributed by atoms with Crippen molar-refractivity contribution < 1.29 is 5.11 Å². The number of nitrogens with zero attached hydrogens (tertiary/aromatic N) is 1. The smallest absolute Gasteiger partial charge is 0.0624 e. The molecular formula is C14H23NO. The third-order valence-electron chi connectivity index (χ3n) is 5.26. The van der Waals surface area contributed by atoms with Crippen LogP contribution in [0.2, 0.25) is 0 Å². The fourth-order valence-electron chi connectivity index (χ4n) is 4.41. The van der Waals surface area contributed by atoms with Crippen LogP contribution in [-0.4, -0.2) is 11.2 Å². The zero-order chi connectivity index (χ0) is 11.8. The van der Waals surface area contributed by atoms with Crippen molar-refractivity contribution in [3.63, 3.8) is 0 Å². The second-order valence-corrected chi connectivity index (χ2v) is 6.10. The van der Waals surface area contributed by atoms with Crippen molar-refractivity contribution in [1.29, 1.82) is 5.26 Å². The highest BCUT2D eigenvalue weighted by Gasteiger charge is 2.51. The molecule has 2 fully saturated rings. The van der Waals surface area contributed by atoms with Gasteiger partial charge in [0.1, 0.15) is 0 Å². The van der Waals surface area contributed by atoms with E-state index < -0.39 is 0 Å². The average molecular weight is 221 g/mol. The van der Waals surface area contributed by atoms with Gasteiger partial charge in [-0.2, -0.15) is 5.26 Å². The van der Waals surface area contributed by atoms with E-state index in [1.165, 1.54) is 12.8 Å². The Hall–Kier alpha value is -0.550. The standard InChI is InChI=1S/C14H23NO/c1-10(7-9-15)11-5-6-12-13(16)4-3-8-14(11,12)2/h10-13,16H,3-8H2,1-2H3/t10-,11-,12?,13?,14-/m1/s1. The van der Waals surface area contributed by atoms with Gasteiger partial charge in [0, 0.05) is 6.42 Å². The summed E-state index contributed by atoms with van der Waals surface area (Å²) in [4.78, 5) is 0. The molecule has 2 aliphatic rings. The SMILES string of the molecule is C[C@H](CC#N)[C@H]1CCC2C(O)CCC[C@@]21C. The summed E-state index contributed by atoms with van der Waals surface area (Å²) in [5, 5.41) is 18.9. The molecule has 90 valence electrons. The first-order valence-electron chi connectivity index (χ1n) is 6.64. The largest absolute Gasteiger partial charge is 0.393 e. The molecule has 0 bridgehead atoms. The third kappa shape index (κ3) is 1.76. The van der Waals surface area contributed by atoms with Crippen molar-refractivity contribution in [1.82, 2.24) is 0 Å². The minimum Gasteiger partial charge on any atom is -0.393 e. The van der Waals surface area contributed by atoms with E-state index in [1.807, 2.05) is 0 Å². The summed E-state index contributed by atoms with van der Waals surface area (Å²) in [5.74, 6) is 1.63. The highest BCUT2D eigenvalue weighted by Crippen LogP contribution is 2.57. The number of nitriles is 1. The lowest BCUT2D eigenvalue weighted by Gasteiger charge is -2.44. The van der Waals surface area contributed by atoms with Gasteiger partial charge in [0.2, 0.25) is 0 Å². The van der Waals surface area contributed by atoms with Crippen LogP contribution in [-0.2, 0) is 0 Å². The summed E-state index contributed by atoms with van der Waals surface area (Å²) < 4.78 is 0. The Morgan fingerprint density at radius 2 is 2.19 bits per heavy atom. The maximum absolute atomic E-state index is 10.1. The van der Waals surface area contributed by atoms with E-state index in [9.17, 15) is 5.11 Å². The van der Waals surface area contributed by atoms with Crippen molar-refractivity contribution in [2.45, 2.75) is 58.5 Å². The van der Waals surface area contributed by atoms with Crippen LogP contribution in [0.15, 0.2) is 0 Å². The van der Waals surface area contributed by atoms with Crippen molar-refractivity contribution in [3.05, 3.63) is 0 Å². The van der Waals surface area contributed by atoms with E-state index in [2.05, 4.69) is 19.9 Å². The van der Waals surface area contributed by atoms with Gasteiger partial charge in [-0.05, 0) is 48.9 Å². The number of rotatable bonds is 2. The van der Waals surface area contributed by atoms with Crippen LogP contribution in [0, 0.1) is 34.5 Å². The van der Waals surface area contributed by atoms with Gasteiger partial charge in [-0.1, -0.05) is 20.3 Å². The van der Waals surface area contributed by atoms with Crippen molar-refractivity contribution in [2.24, 2.45) is 23.2 Å². The number of fused-ring (bicyclic) bond motifs is 1. The normalized spacial score (nSPS) is 44.8. The molecule has 0 aromatic carbocycles. The first-order chi connectivity index (χ1) is 7.59. The van der Waals surface area contributed by atoms with Gasteiger partial charge >= 0.3 is 0 Å². The molecule has 0 amide bonds. The Morgan fingerprint density at radius 1 is 1.44 bits per heavy atom. The molecule has 0 aliphatic heterocycles. The second-order valence-electron chi connectivity index (χ2n) is 6.10. The van der Waals surface area contributed by atoms with E-state index in [0.29, 0.717) is 29.6 Å². The lowest BCUT2D eigenvalue weighted by molar-refractivity contribution is -0.0264. The van der Waals surface area contributed by atoms with Gasteiger partial charge < -0.3 is 5.11 Å². The lowest BCUT2D eigenvalue weighted by Crippen LogP contribution is -2.41. The molecule has 0 aromatic rings. The predicted molar refractivity (Wildman–Crippen MR) is 63.6 cm³/mol. The average Bonchev–Trinajstić information content (AvgIpc) is 2.57. The van der Waals surface area contributed by atoms with Gasteiger partial charge in [-0.15, -0.1) is 0 Å². The van der Waals surface area contributed by atoms with E-state index in [1.54, 1.807) is 0 Å². The molecule has 0 radical (unpaired) electrons. The van der Waals surface area contributed by atoms with Gasteiger partial charge in [0.05, 0.1) is 12.2 Å². The van der Waals surface area contributed by atoms with Crippen LogP contribution in [0.5, 0.6) is 0 Å². The molecule has 1 N–H and O–H groups in total. The van der Waals surface area contributed by atoms with E-state index >= 15 is 0 Å². The van der Waals surface area contributed by atoms with Gasteiger partial charge in [-0.3, -0.25) is 0 Å². The maximum atomic E-state index is 10.1. The number of hydrogen-bond acceptors (Lipinski definition) is 2. The molecule has 16 heavy (non-hydrogen) atoms. The monoisotopic (exact) mass is 221 g/mol. The van der Waals surface area contributed by atoms with E-state index in [-0.39, 0.29) is 6.10 Å². The minimum absolute atomic E-state index is 0.0852. The lowest BCUT2D eigenvalue weighted by atomic mass is 9.61. The Kier molecular flexibility index (Phi) is 3.26. The zero-order valence-corrected chi connectivity index (χ0v) is 10.4. The summed E-state index contributed by atoms with van der Waals surface area (Å²) >= 11 is 0. The zero-order valence-electron chi connectivity index (χ0n) is 10.4. The fraction of sp³-hybridized carbons (Fsp3) is 0.929. The van der Waals surface area contributed by atoms with Gasteiger partial charge in [0.15, 0.2) is 0 Å². The number of hydrogen-bond donors (Lipinski definition) is 1. The second kappa shape index (κ2) is 4.37. The Morgan fingerprint density at radius 3 is 2.88 bits per heavy atom. The molecule has 2 aliphatic carbocycles. The fourth-order valence-corrected chi connectivity index (χ4v) is 4.41. The molecule has 0 heterocycles. The van der Waals surface area contributed by atoms with Gasteiger partial charge in [0.25, 0.3) is 0 Å². The minimum atomic E-state index is -0.0852. The highest BCUT2D eigenvalue weighted by atomic mass is 16.3. The van der Waals surface area contributed by atoms with Crippen LogP contribution < -0.4 is 0 Å². The van der Waals surface area contributed by atoms with Crippen LogP contribution in [0.4, 0.5) is 0 Å². The molecule has 2 nitrogen and oxygen atoms in total.